The minimum absolute atomic E-state index is 0.0237. The third kappa shape index (κ3) is 3.08. The maximum Gasteiger partial charge on any atom is 0.296 e. The van der Waals surface area contributed by atoms with Crippen LogP contribution in [0.2, 0.25) is 0 Å². The number of para-hydroxylation sites is 1. The molecule has 0 aliphatic carbocycles. The average Bonchev–Trinajstić information content (AvgIpc) is 3.28. The van der Waals surface area contributed by atoms with Crippen LogP contribution in [0.15, 0.2) is 53.4 Å². The van der Waals surface area contributed by atoms with E-state index in [-0.39, 0.29) is 22.7 Å². The van der Waals surface area contributed by atoms with E-state index in [0.29, 0.717) is 18.5 Å². The van der Waals surface area contributed by atoms with Crippen molar-refractivity contribution in [2.24, 2.45) is 0 Å². The Bertz CT molecular complexity index is 1080. The monoisotopic (exact) mass is 399 g/mol. The number of rotatable bonds is 4. The molecule has 1 fully saturated rings. The highest BCUT2D eigenvalue weighted by Crippen LogP contribution is 2.31. The first kappa shape index (κ1) is 18.3. The van der Waals surface area contributed by atoms with E-state index in [0.717, 1.165) is 4.31 Å². The topological polar surface area (TPSA) is 113 Å². The van der Waals surface area contributed by atoms with Gasteiger partial charge >= 0.3 is 0 Å². The van der Waals surface area contributed by atoms with Crippen molar-refractivity contribution in [1.29, 1.82) is 0 Å². The number of hydrogen-bond acceptors (Lipinski definition) is 5. The highest BCUT2D eigenvalue weighted by Gasteiger charge is 2.40. The summed E-state index contributed by atoms with van der Waals surface area (Å²) in [6.07, 6.45) is 0.956. The molecular formula is C19H17N3O5S. The smallest absolute Gasteiger partial charge is 0.296 e. The van der Waals surface area contributed by atoms with Gasteiger partial charge in [0.05, 0.1) is 16.1 Å². The van der Waals surface area contributed by atoms with Crippen LogP contribution in [0, 0.1) is 0 Å². The van der Waals surface area contributed by atoms with Gasteiger partial charge in [-0.2, -0.15) is 4.31 Å². The van der Waals surface area contributed by atoms with Crippen molar-refractivity contribution >= 4 is 39.0 Å². The van der Waals surface area contributed by atoms with E-state index in [1.54, 1.807) is 24.3 Å². The summed E-state index contributed by atoms with van der Waals surface area (Å²) < 4.78 is 27.4. The lowest BCUT2D eigenvalue weighted by molar-refractivity contribution is -0.119. The van der Waals surface area contributed by atoms with E-state index in [4.69, 9.17) is 0 Å². The largest absolute Gasteiger partial charge is 0.325 e. The first-order valence-corrected chi connectivity index (χ1v) is 10.2. The Kier molecular flexibility index (Phi) is 4.48. The molecule has 2 heterocycles. The molecule has 0 saturated carbocycles. The van der Waals surface area contributed by atoms with Gasteiger partial charge in [-0.1, -0.05) is 18.2 Å². The second kappa shape index (κ2) is 6.84. The Morgan fingerprint density at radius 2 is 1.86 bits per heavy atom. The molecule has 8 nitrogen and oxygen atoms in total. The number of carbonyl (C=O) groups excluding carboxylic acids is 3. The van der Waals surface area contributed by atoms with E-state index in [2.05, 4.69) is 10.6 Å². The van der Waals surface area contributed by atoms with Gasteiger partial charge in [0.1, 0.15) is 6.04 Å². The highest BCUT2D eigenvalue weighted by molar-refractivity contribution is 7.89. The fourth-order valence-corrected chi connectivity index (χ4v) is 5.14. The fourth-order valence-electron chi connectivity index (χ4n) is 3.45. The summed E-state index contributed by atoms with van der Waals surface area (Å²) in [5, 5.41) is 5.13. The van der Waals surface area contributed by atoms with Gasteiger partial charge in [0, 0.05) is 12.2 Å². The molecule has 2 aromatic carbocycles. The normalized spacial score (nSPS) is 19.4. The van der Waals surface area contributed by atoms with Crippen LogP contribution in [0.5, 0.6) is 0 Å². The zero-order chi connectivity index (χ0) is 19.9. The van der Waals surface area contributed by atoms with Crippen molar-refractivity contribution in [1.82, 2.24) is 4.31 Å². The molecule has 4 rings (SSSR count). The van der Waals surface area contributed by atoms with Crippen LogP contribution < -0.4 is 10.6 Å². The van der Waals surface area contributed by atoms with Gasteiger partial charge in [-0.15, -0.1) is 0 Å². The van der Waals surface area contributed by atoms with Crippen molar-refractivity contribution in [3.8, 4) is 0 Å². The number of carbonyl (C=O) groups is 3. The van der Waals surface area contributed by atoms with E-state index in [9.17, 15) is 22.8 Å². The van der Waals surface area contributed by atoms with Gasteiger partial charge in [0.25, 0.3) is 11.7 Å². The Hall–Kier alpha value is -3.04. The zero-order valence-electron chi connectivity index (χ0n) is 14.7. The molecule has 0 radical (unpaired) electrons. The van der Waals surface area contributed by atoms with E-state index >= 15 is 0 Å². The summed E-state index contributed by atoms with van der Waals surface area (Å²) >= 11 is 0. The van der Waals surface area contributed by atoms with Crippen LogP contribution in [0.4, 0.5) is 11.4 Å². The number of benzene rings is 2. The van der Waals surface area contributed by atoms with Gasteiger partial charge < -0.3 is 10.6 Å². The predicted octanol–water partition coefficient (Wildman–Crippen LogP) is 1.61. The number of Topliss-reactive ketones (excluding diaryl/α,β-unsaturated/α-hetero) is 1. The third-order valence-corrected chi connectivity index (χ3v) is 6.75. The minimum Gasteiger partial charge on any atom is -0.325 e. The molecule has 2 amide bonds. The molecule has 0 spiro atoms. The van der Waals surface area contributed by atoms with Crippen LogP contribution in [0.3, 0.4) is 0 Å². The standard InChI is InChI=1S/C19H17N3O5S/c23-17-14-11-13(8-9-15(14)21-19(17)25)28(26,27)22-10-4-7-16(22)18(24)20-12-5-2-1-3-6-12/h1-3,5-6,8-9,11,16H,4,7,10H2,(H,20,24)(H,21,23,25). The summed E-state index contributed by atoms with van der Waals surface area (Å²) in [6.45, 7) is 0.206. The second-order valence-electron chi connectivity index (χ2n) is 6.62. The van der Waals surface area contributed by atoms with Gasteiger partial charge in [-0.05, 0) is 43.2 Å². The molecule has 1 atom stereocenters. The number of sulfonamides is 1. The van der Waals surface area contributed by atoms with Gasteiger partial charge in [-0.25, -0.2) is 8.42 Å². The molecule has 1 saturated heterocycles. The molecule has 144 valence electrons. The first-order valence-electron chi connectivity index (χ1n) is 8.75. The predicted molar refractivity (Wildman–Crippen MR) is 101 cm³/mol. The Labute approximate surface area is 161 Å². The Morgan fingerprint density at radius 3 is 2.61 bits per heavy atom. The van der Waals surface area contributed by atoms with E-state index in [1.165, 1.54) is 18.2 Å². The average molecular weight is 399 g/mol. The molecule has 2 aromatic rings. The highest BCUT2D eigenvalue weighted by atomic mass is 32.2. The van der Waals surface area contributed by atoms with Crippen LogP contribution in [0.1, 0.15) is 23.2 Å². The summed E-state index contributed by atoms with van der Waals surface area (Å²) in [5.41, 5.74) is 0.897. The van der Waals surface area contributed by atoms with Crippen LogP contribution in [-0.2, 0) is 19.6 Å². The minimum atomic E-state index is -4.01. The van der Waals surface area contributed by atoms with E-state index in [1.807, 2.05) is 6.07 Å². The summed E-state index contributed by atoms with van der Waals surface area (Å²) in [5.74, 6) is -1.96. The Balaban J connectivity index is 1.61. The second-order valence-corrected chi connectivity index (χ2v) is 8.51. The molecular weight excluding hydrogens is 382 g/mol. The summed E-state index contributed by atoms with van der Waals surface area (Å²) in [7, 11) is -4.01. The van der Waals surface area contributed by atoms with Crippen molar-refractivity contribution < 1.29 is 22.8 Å². The van der Waals surface area contributed by atoms with Crippen molar-refractivity contribution in [2.45, 2.75) is 23.8 Å². The molecule has 9 heteroatoms. The van der Waals surface area contributed by atoms with Crippen LogP contribution >= 0.6 is 0 Å². The summed E-state index contributed by atoms with van der Waals surface area (Å²) in [4.78, 5) is 35.9. The van der Waals surface area contributed by atoms with Crippen LogP contribution in [0.25, 0.3) is 0 Å². The number of fused-ring (bicyclic) bond motifs is 1. The Morgan fingerprint density at radius 1 is 1.11 bits per heavy atom. The molecule has 2 N–H and O–H groups in total. The van der Waals surface area contributed by atoms with E-state index < -0.39 is 33.7 Å². The molecule has 1 unspecified atom stereocenters. The zero-order valence-corrected chi connectivity index (χ0v) is 15.5. The van der Waals surface area contributed by atoms with Crippen molar-refractivity contribution in [3.63, 3.8) is 0 Å². The number of nitrogens with one attached hydrogen (secondary N) is 2. The molecule has 2 aliphatic rings. The molecule has 2 aliphatic heterocycles. The SMILES string of the molecule is O=C1Nc2ccc(S(=O)(=O)N3CCCC3C(=O)Nc3ccccc3)cc2C1=O. The number of nitrogens with zero attached hydrogens (tertiary/aromatic N) is 1. The number of hydrogen-bond donors (Lipinski definition) is 2. The molecule has 0 bridgehead atoms. The lowest BCUT2D eigenvalue weighted by atomic mass is 10.1. The van der Waals surface area contributed by atoms with Gasteiger partial charge in [0.15, 0.2) is 0 Å². The lowest BCUT2D eigenvalue weighted by Crippen LogP contribution is -2.43. The van der Waals surface area contributed by atoms with Crippen LogP contribution in [-0.4, -0.2) is 42.9 Å². The van der Waals surface area contributed by atoms with Gasteiger partial charge in [-0.3, -0.25) is 14.4 Å². The van der Waals surface area contributed by atoms with Crippen molar-refractivity contribution in [2.75, 3.05) is 17.2 Å². The number of ketones is 1. The number of amides is 2. The fraction of sp³-hybridized carbons (Fsp3) is 0.211. The quantitative estimate of drug-likeness (QED) is 0.759. The summed E-state index contributed by atoms with van der Waals surface area (Å²) in [6, 6.07) is 11.9. The maximum atomic E-state index is 13.1. The maximum absolute atomic E-state index is 13.1. The van der Waals surface area contributed by atoms with Gasteiger partial charge in [0.2, 0.25) is 15.9 Å². The lowest BCUT2D eigenvalue weighted by Gasteiger charge is -2.23. The molecule has 28 heavy (non-hydrogen) atoms. The first-order chi connectivity index (χ1) is 13.4. The third-order valence-electron chi connectivity index (χ3n) is 4.84. The molecule has 0 aromatic heterocycles. The van der Waals surface area contributed by atoms with Crippen molar-refractivity contribution in [3.05, 3.63) is 54.1 Å². The number of anilines is 2.